The van der Waals surface area contributed by atoms with Crippen LogP contribution in [0.3, 0.4) is 0 Å². The van der Waals surface area contributed by atoms with Gasteiger partial charge in [-0.05, 0) is 19.3 Å². The molecule has 0 aromatic carbocycles. The molecule has 0 aromatic heterocycles. The van der Waals surface area contributed by atoms with Gasteiger partial charge < -0.3 is 20.4 Å². The second-order valence-electron chi connectivity index (χ2n) is 5.03. The summed E-state index contributed by atoms with van der Waals surface area (Å²) in [7, 11) is 0. The third-order valence-electron chi connectivity index (χ3n) is 3.65. The number of hydrogen-bond donors (Lipinski definition) is 4. The lowest BCUT2D eigenvalue weighted by Gasteiger charge is -2.52. The first-order valence-electron chi connectivity index (χ1n) is 7.17. The van der Waals surface area contributed by atoms with Crippen LogP contribution in [-0.4, -0.2) is 61.5 Å². The lowest BCUT2D eigenvalue weighted by molar-refractivity contribution is -1.11. The Hall–Kier alpha value is -0.240. The predicted molar refractivity (Wildman–Crippen MR) is 73.2 cm³/mol. The fourth-order valence-electron chi connectivity index (χ4n) is 2.61. The molecule has 0 aliphatic rings. The first-order chi connectivity index (χ1) is 8.79. The van der Waals surface area contributed by atoms with Gasteiger partial charge in [-0.1, -0.05) is 25.8 Å². The van der Waals surface area contributed by atoms with Crippen LogP contribution in [0.5, 0.6) is 0 Å². The van der Waals surface area contributed by atoms with Crippen molar-refractivity contribution in [3.05, 3.63) is 0 Å². The Morgan fingerprint density at radius 3 is 1.42 bits per heavy atom. The second-order valence-corrected chi connectivity index (χ2v) is 5.03. The number of rotatable bonds is 9. The highest BCUT2D eigenvalue weighted by Crippen LogP contribution is 2.27. The van der Waals surface area contributed by atoms with E-state index in [1.807, 2.05) is 6.92 Å². The van der Waals surface area contributed by atoms with Crippen LogP contribution in [0.4, 0.5) is 0 Å². The van der Waals surface area contributed by atoms with Crippen LogP contribution in [0.2, 0.25) is 0 Å². The average Bonchev–Trinajstić information content (AvgIpc) is 2.36. The Morgan fingerprint density at radius 1 is 0.842 bits per heavy atom. The number of nitrogens with zero attached hydrogens (tertiary/aromatic N) is 2. The SMILES string of the molecule is CCC[N+](C(C)O)(C(C)O)N(C(O)CC)C(O)CC. The third kappa shape index (κ3) is 3.87. The fourth-order valence-corrected chi connectivity index (χ4v) is 2.61. The topological polar surface area (TPSA) is 84.2 Å². The summed E-state index contributed by atoms with van der Waals surface area (Å²) in [5, 5.41) is 42.2. The van der Waals surface area contributed by atoms with Gasteiger partial charge in [0.1, 0.15) is 6.54 Å². The van der Waals surface area contributed by atoms with E-state index in [4.69, 9.17) is 0 Å². The highest BCUT2D eigenvalue weighted by molar-refractivity contribution is 4.58. The van der Waals surface area contributed by atoms with Crippen molar-refractivity contribution in [3.8, 4) is 0 Å². The lowest BCUT2D eigenvalue weighted by atomic mass is 10.2. The Morgan fingerprint density at radius 2 is 1.21 bits per heavy atom. The van der Waals surface area contributed by atoms with E-state index in [0.717, 1.165) is 0 Å². The Kier molecular flexibility index (Phi) is 8.03. The number of quaternary nitrogens is 1. The summed E-state index contributed by atoms with van der Waals surface area (Å²) in [6.45, 7) is 9.10. The first kappa shape index (κ1) is 18.8. The first-order valence-corrected chi connectivity index (χ1v) is 7.17. The van der Waals surface area contributed by atoms with Gasteiger partial charge in [0.15, 0.2) is 12.5 Å². The van der Waals surface area contributed by atoms with E-state index in [0.29, 0.717) is 25.8 Å². The normalized spacial score (nSPS) is 21.8. The molecular weight excluding hydrogens is 248 g/mol. The van der Waals surface area contributed by atoms with Crippen LogP contribution >= 0.6 is 0 Å². The minimum Gasteiger partial charge on any atom is -0.373 e. The van der Waals surface area contributed by atoms with Gasteiger partial charge in [0.25, 0.3) is 0 Å². The van der Waals surface area contributed by atoms with Crippen LogP contribution in [0.25, 0.3) is 0 Å². The summed E-state index contributed by atoms with van der Waals surface area (Å²) in [6, 6.07) is 0. The summed E-state index contributed by atoms with van der Waals surface area (Å²) in [5.41, 5.74) is 0. The zero-order valence-electron chi connectivity index (χ0n) is 12.8. The zero-order chi connectivity index (χ0) is 15.2. The molecule has 0 spiro atoms. The lowest BCUT2D eigenvalue weighted by Crippen LogP contribution is -2.73. The van der Waals surface area contributed by atoms with Crippen molar-refractivity contribution in [1.82, 2.24) is 5.01 Å². The highest BCUT2D eigenvalue weighted by atomic mass is 16.4. The molecule has 0 heterocycles. The van der Waals surface area contributed by atoms with E-state index in [2.05, 4.69) is 0 Å². The maximum atomic E-state index is 10.2. The third-order valence-corrected chi connectivity index (χ3v) is 3.65. The molecule has 0 amide bonds. The summed E-state index contributed by atoms with van der Waals surface area (Å²) in [6.07, 6.45) is -2.19. The van der Waals surface area contributed by atoms with Crippen molar-refractivity contribution in [1.29, 1.82) is 0 Å². The van der Waals surface area contributed by atoms with E-state index < -0.39 is 24.9 Å². The van der Waals surface area contributed by atoms with E-state index in [1.165, 1.54) is 5.01 Å². The van der Waals surface area contributed by atoms with Gasteiger partial charge in [0, 0.05) is 13.8 Å². The van der Waals surface area contributed by atoms with Crippen LogP contribution < -0.4 is 0 Å². The van der Waals surface area contributed by atoms with E-state index in [9.17, 15) is 20.4 Å². The van der Waals surface area contributed by atoms with Crippen molar-refractivity contribution in [2.75, 3.05) is 6.54 Å². The highest BCUT2D eigenvalue weighted by Gasteiger charge is 2.49. The predicted octanol–water partition coefficient (Wildman–Crippen LogP) is 0.564. The van der Waals surface area contributed by atoms with Gasteiger partial charge in [-0.2, -0.15) is 4.59 Å². The van der Waals surface area contributed by atoms with Crippen LogP contribution in [0.1, 0.15) is 53.9 Å². The Bertz CT molecular complexity index is 231. The minimum absolute atomic E-state index is 0.249. The Balaban J connectivity index is 5.70. The molecule has 0 rings (SSSR count). The van der Waals surface area contributed by atoms with E-state index >= 15 is 0 Å². The molecule has 0 fully saturated rings. The molecule has 4 atom stereocenters. The molecule has 6 heteroatoms. The van der Waals surface area contributed by atoms with Crippen molar-refractivity contribution in [3.63, 3.8) is 0 Å². The molecule has 6 nitrogen and oxygen atoms in total. The van der Waals surface area contributed by atoms with Gasteiger partial charge in [-0.3, -0.25) is 0 Å². The fraction of sp³-hybridized carbons (Fsp3) is 1.00. The summed E-state index contributed by atoms with van der Waals surface area (Å²) >= 11 is 0. The maximum Gasteiger partial charge on any atom is 0.207 e. The molecule has 0 aliphatic carbocycles. The quantitative estimate of drug-likeness (QED) is 0.282. The second kappa shape index (κ2) is 8.14. The van der Waals surface area contributed by atoms with Crippen LogP contribution in [-0.2, 0) is 0 Å². The molecule has 19 heavy (non-hydrogen) atoms. The van der Waals surface area contributed by atoms with Gasteiger partial charge in [-0.25, -0.2) is 0 Å². The van der Waals surface area contributed by atoms with Gasteiger partial charge in [0.05, 0.1) is 0 Å². The zero-order valence-corrected chi connectivity index (χ0v) is 12.8. The minimum atomic E-state index is -0.928. The van der Waals surface area contributed by atoms with Gasteiger partial charge in [-0.15, -0.1) is 0 Å². The summed E-state index contributed by atoms with van der Waals surface area (Å²) in [5.74, 6) is 0. The van der Waals surface area contributed by atoms with Gasteiger partial charge in [0.2, 0.25) is 12.5 Å². The molecule has 0 radical (unpaired) electrons. The monoisotopic (exact) mass is 279 g/mol. The molecule has 4 unspecified atom stereocenters. The number of hydrogen-bond acceptors (Lipinski definition) is 5. The van der Waals surface area contributed by atoms with Crippen molar-refractivity contribution < 1.29 is 25.0 Å². The van der Waals surface area contributed by atoms with Crippen LogP contribution in [0, 0.1) is 0 Å². The molecule has 0 aliphatic heterocycles. The number of aliphatic hydroxyl groups excluding tert-OH is 4. The molecule has 0 bridgehead atoms. The van der Waals surface area contributed by atoms with Crippen molar-refractivity contribution >= 4 is 0 Å². The number of aliphatic hydroxyl groups is 4. The standard InChI is InChI=1S/C13H31N2O4/c1-6-9-15(10(4)16,11(5)17)14(12(18)7-2)13(19)8-3/h10-13,16-19H,6-9H2,1-5H3/q+1. The Labute approximate surface area is 116 Å². The smallest absolute Gasteiger partial charge is 0.207 e. The summed E-state index contributed by atoms with van der Waals surface area (Å²) < 4.78 is -0.249. The maximum absolute atomic E-state index is 10.2. The molecule has 0 aromatic rings. The molecule has 0 saturated heterocycles. The average molecular weight is 279 g/mol. The molecule has 4 N–H and O–H groups in total. The molecular formula is C13H31N2O4+. The van der Waals surface area contributed by atoms with Crippen molar-refractivity contribution in [2.45, 2.75) is 78.8 Å². The molecule has 0 saturated carbocycles. The van der Waals surface area contributed by atoms with E-state index in [-0.39, 0.29) is 4.59 Å². The van der Waals surface area contributed by atoms with Crippen LogP contribution in [0.15, 0.2) is 0 Å². The van der Waals surface area contributed by atoms with E-state index in [1.54, 1.807) is 27.7 Å². The van der Waals surface area contributed by atoms with Gasteiger partial charge >= 0.3 is 0 Å². The van der Waals surface area contributed by atoms with Crippen molar-refractivity contribution in [2.24, 2.45) is 0 Å². The molecule has 116 valence electrons. The largest absolute Gasteiger partial charge is 0.373 e. The summed E-state index contributed by atoms with van der Waals surface area (Å²) in [4.78, 5) is 0.